The standard InChI is InChI=1S/C18H16F2N2/c1-11-7-4-5-10-14(11)18-21-16(19)17(20)22(18)15-12(2)8-6-9-13(15)3/h4-10H,1-3H3. The number of aryl methyl sites for hydroxylation is 3. The highest BCUT2D eigenvalue weighted by molar-refractivity contribution is 5.64. The number of hydrogen-bond donors (Lipinski definition) is 0. The van der Waals surface area contributed by atoms with E-state index in [0.29, 0.717) is 11.3 Å². The number of para-hydroxylation sites is 1. The van der Waals surface area contributed by atoms with Crippen molar-refractivity contribution in [2.24, 2.45) is 0 Å². The third-order valence-corrected chi connectivity index (χ3v) is 3.83. The zero-order valence-corrected chi connectivity index (χ0v) is 12.7. The van der Waals surface area contributed by atoms with Crippen molar-refractivity contribution in [1.29, 1.82) is 0 Å². The van der Waals surface area contributed by atoms with E-state index in [4.69, 9.17) is 0 Å². The molecule has 0 spiro atoms. The predicted octanol–water partition coefficient (Wildman–Crippen LogP) is 4.74. The van der Waals surface area contributed by atoms with Crippen LogP contribution in [0.2, 0.25) is 0 Å². The fourth-order valence-electron chi connectivity index (χ4n) is 2.74. The van der Waals surface area contributed by atoms with Crippen molar-refractivity contribution in [3.8, 4) is 17.1 Å². The topological polar surface area (TPSA) is 17.8 Å². The molecule has 0 aliphatic heterocycles. The summed E-state index contributed by atoms with van der Waals surface area (Å²) in [6, 6.07) is 13.1. The van der Waals surface area contributed by atoms with Crippen molar-refractivity contribution in [2.45, 2.75) is 20.8 Å². The first kappa shape index (κ1) is 14.4. The highest BCUT2D eigenvalue weighted by Crippen LogP contribution is 2.30. The highest BCUT2D eigenvalue weighted by atomic mass is 19.2. The molecule has 0 N–H and O–H groups in total. The van der Waals surface area contributed by atoms with Gasteiger partial charge in [-0.25, -0.2) is 0 Å². The van der Waals surface area contributed by atoms with Gasteiger partial charge in [0, 0.05) is 5.56 Å². The van der Waals surface area contributed by atoms with Crippen molar-refractivity contribution < 1.29 is 8.78 Å². The summed E-state index contributed by atoms with van der Waals surface area (Å²) in [4.78, 5) is 3.82. The zero-order valence-electron chi connectivity index (χ0n) is 12.7. The lowest BCUT2D eigenvalue weighted by molar-refractivity contribution is 0.461. The fraction of sp³-hybridized carbons (Fsp3) is 0.167. The van der Waals surface area contributed by atoms with Crippen LogP contribution in [-0.4, -0.2) is 9.55 Å². The number of rotatable bonds is 2. The molecule has 4 heteroatoms. The van der Waals surface area contributed by atoms with Crippen LogP contribution in [0.15, 0.2) is 42.5 Å². The Kier molecular flexibility index (Phi) is 3.53. The summed E-state index contributed by atoms with van der Waals surface area (Å²) in [7, 11) is 0. The molecule has 0 unspecified atom stereocenters. The van der Waals surface area contributed by atoms with Gasteiger partial charge in [0.25, 0.3) is 11.9 Å². The molecule has 3 aromatic rings. The first-order valence-corrected chi connectivity index (χ1v) is 7.07. The first-order valence-electron chi connectivity index (χ1n) is 7.07. The Morgan fingerprint density at radius 1 is 0.818 bits per heavy atom. The van der Waals surface area contributed by atoms with E-state index in [1.807, 2.05) is 63.2 Å². The monoisotopic (exact) mass is 298 g/mol. The summed E-state index contributed by atoms with van der Waals surface area (Å²) in [6.07, 6.45) is 0. The second-order valence-corrected chi connectivity index (χ2v) is 5.41. The lowest BCUT2D eigenvalue weighted by atomic mass is 10.1. The van der Waals surface area contributed by atoms with Crippen LogP contribution in [0.3, 0.4) is 0 Å². The van der Waals surface area contributed by atoms with Crippen LogP contribution in [0.25, 0.3) is 17.1 Å². The van der Waals surface area contributed by atoms with E-state index in [9.17, 15) is 8.78 Å². The minimum Gasteiger partial charge on any atom is -0.266 e. The van der Waals surface area contributed by atoms with E-state index < -0.39 is 11.9 Å². The number of aromatic nitrogens is 2. The van der Waals surface area contributed by atoms with Gasteiger partial charge in [0.05, 0.1) is 5.69 Å². The highest BCUT2D eigenvalue weighted by Gasteiger charge is 2.22. The van der Waals surface area contributed by atoms with Crippen molar-refractivity contribution in [3.63, 3.8) is 0 Å². The Labute approximate surface area is 128 Å². The van der Waals surface area contributed by atoms with E-state index in [2.05, 4.69) is 4.98 Å². The van der Waals surface area contributed by atoms with Gasteiger partial charge in [-0.15, -0.1) is 0 Å². The molecule has 0 saturated heterocycles. The normalized spacial score (nSPS) is 11.0. The van der Waals surface area contributed by atoms with Gasteiger partial charge in [0.1, 0.15) is 0 Å². The van der Waals surface area contributed by atoms with Crippen molar-refractivity contribution in [2.75, 3.05) is 0 Å². The molecule has 3 rings (SSSR count). The average molecular weight is 298 g/mol. The van der Waals surface area contributed by atoms with Gasteiger partial charge >= 0.3 is 0 Å². The van der Waals surface area contributed by atoms with E-state index in [0.717, 1.165) is 16.7 Å². The maximum atomic E-state index is 14.4. The third-order valence-electron chi connectivity index (χ3n) is 3.83. The number of benzene rings is 2. The van der Waals surface area contributed by atoms with Crippen LogP contribution in [0.5, 0.6) is 0 Å². The van der Waals surface area contributed by atoms with Gasteiger partial charge in [-0.3, -0.25) is 4.57 Å². The van der Waals surface area contributed by atoms with Crippen LogP contribution in [0.4, 0.5) is 8.78 Å². The minimum atomic E-state index is -1.08. The molecular formula is C18H16F2N2. The number of imidazole rings is 1. The average Bonchev–Trinajstić information content (AvgIpc) is 2.76. The first-order chi connectivity index (χ1) is 10.5. The summed E-state index contributed by atoms with van der Waals surface area (Å²) in [5.74, 6) is -1.76. The molecule has 0 radical (unpaired) electrons. The molecule has 0 aliphatic carbocycles. The summed E-state index contributed by atoms with van der Waals surface area (Å²) in [5, 5.41) is 0. The van der Waals surface area contributed by atoms with Crippen molar-refractivity contribution in [1.82, 2.24) is 9.55 Å². The molecule has 0 saturated carbocycles. The lowest BCUT2D eigenvalue weighted by Crippen LogP contribution is -2.05. The SMILES string of the molecule is Cc1ccccc1-c1nc(F)c(F)n1-c1c(C)cccc1C. The quantitative estimate of drug-likeness (QED) is 0.668. The lowest BCUT2D eigenvalue weighted by Gasteiger charge is -2.15. The zero-order chi connectivity index (χ0) is 15.9. The van der Waals surface area contributed by atoms with Crippen molar-refractivity contribution >= 4 is 0 Å². The van der Waals surface area contributed by atoms with E-state index in [1.165, 1.54) is 4.57 Å². The maximum Gasteiger partial charge on any atom is 0.269 e. The minimum absolute atomic E-state index is 0.283. The summed E-state index contributed by atoms with van der Waals surface area (Å²) in [6.45, 7) is 5.65. The molecule has 0 aliphatic rings. The molecule has 1 heterocycles. The Bertz CT molecular complexity index is 830. The number of nitrogens with zero attached hydrogens (tertiary/aromatic N) is 2. The molecule has 2 nitrogen and oxygen atoms in total. The molecule has 112 valence electrons. The Hall–Kier alpha value is -2.49. The summed E-state index contributed by atoms with van der Waals surface area (Å²) < 4.78 is 29.5. The van der Waals surface area contributed by atoms with E-state index in [-0.39, 0.29) is 5.82 Å². The predicted molar refractivity (Wildman–Crippen MR) is 83.1 cm³/mol. The smallest absolute Gasteiger partial charge is 0.266 e. The molecule has 0 atom stereocenters. The summed E-state index contributed by atoms with van der Waals surface area (Å²) in [5.41, 5.74) is 4.00. The number of halogens is 2. The maximum absolute atomic E-state index is 14.4. The largest absolute Gasteiger partial charge is 0.269 e. The molecule has 0 amide bonds. The Morgan fingerprint density at radius 3 is 2.05 bits per heavy atom. The number of hydrogen-bond acceptors (Lipinski definition) is 1. The van der Waals surface area contributed by atoms with Crippen LogP contribution >= 0.6 is 0 Å². The van der Waals surface area contributed by atoms with Crippen LogP contribution in [0.1, 0.15) is 16.7 Å². The van der Waals surface area contributed by atoms with Gasteiger partial charge < -0.3 is 0 Å². The molecule has 0 bridgehead atoms. The molecular weight excluding hydrogens is 282 g/mol. The summed E-state index contributed by atoms with van der Waals surface area (Å²) >= 11 is 0. The fourth-order valence-corrected chi connectivity index (χ4v) is 2.74. The van der Waals surface area contributed by atoms with Crippen molar-refractivity contribution in [3.05, 3.63) is 71.1 Å². The van der Waals surface area contributed by atoms with E-state index >= 15 is 0 Å². The van der Waals surface area contributed by atoms with Gasteiger partial charge in [0.2, 0.25) is 0 Å². The Balaban J connectivity index is 2.36. The molecule has 22 heavy (non-hydrogen) atoms. The van der Waals surface area contributed by atoms with Crippen LogP contribution < -0.4 is 0 Å². The van der Waals surface area contributed by atoms with Gasteiger partial charge in [0.15, 0.2) is 5.82 Å². The van der Waals surface area contributed by atoms with E-state index in [1.54, 1.807) is 0 Å². The Morgan fingerprint density at radius 2 is 1.41 bits per heavy atom. The van der Waals surface area contributed by atoms with Gasteiger partial charge in [-0.2, -0.15) is 13.8 Å². The second-order valence-electron chi connectivity index (χ2n) is 5.41. The molecule has 1 aromatic heterocycles. The van der Waals surface area contributed by atoms with Gasteiger partial charge in [-0.1, -0.05) is 42.5 Å². The van der Waals surface area contributed by atoms with Gasteiger partial charge in [-0.05, 0) is 37.5 Å². The second kappa shape index (κ2) is 5.37. The van der Waals surface area contributed by atoms with Crippen LogP contribution in [0, 0.1) is 32.7 Å². The molecule has 0 fully saturated rings. The third kappa shape index (κ3) is 2.21. The van der Waals surface area contributed by atoms with Crippen LogP contribution in [-0.2, 0) is 0 Å². The molecule has 2 aromatic carbocycles.